The lowest BCUT2D eigenvalue weighted by molar-refractivity contribution is 0.414. The van der Waals surface area contributed by atoms with Crippen molar-refractivity contribution < 1.29 is 13.3 Å². The summed E-state index contributed by atoms with van der Waals surface area (Å²) in [5.41, 5.74) is 1.86. The fraction of sp³-hybridized carbons (Fsp3) is 0.143. The Morgan fingerprint density at radius 2 is 1.83 bits per heavy atom. The predicted octanol–water partition coefficient (Wildman–Crippen LogP) is 4.03. The monoisotopic (exact) mass is 264 g/mol. The summed E-state index contributed by atoms with van der Waals surface area (Å²) >= 11 is 3.79. The van der Waals surface area contributed by atoms with Crippen LogP contribution in [0.25, 0.3) is 11.1 Å². The van der Waals surface area contributed by atoms with Gasteiger partial charge < -0.3 is 8.92 Å². The third kappa shape index (κ3) is 2.29. The molecule has 2 rings (SSSR count). The molecule has 0 aliphatic rings. The summed E-state index contributed by atoms with van der Waals surface area (Å²) < 4.78 is 24.3. The second-order valence-electron chi connectivity index (χ2n) is 3.91. The molecule has 0 radical (unpaired) electrons. The Hall–Kier alpha value is -1.68. The van der Waals surface area contributed by atoms with E-state index in [9.17, 15) is 4.39 Å². The maximum Gasteiger partial charge on any atom is 0.148 e. The van der Waals surface area contributed by atoms with Crippen LogP contribution >= 0.6 is 12.9 Å². The van der Waals surface area contributed by atoms with Crippen molar-refractivity contribution >= 4 is 12.9 Å². The van der Waals surface area contributed by atoms with E-state index in [2.05, 4.69) is 12.9 Å². The molecule has 0 N–H and O–H groups in total. The van der Waals surface area contributed by atoms with Gasteiger partial charge in [0.1, 0.15) is 17.3 Å². The zero-order valence-corrected chi connectivity index (χ0v) is 11.0. The number of rotatable bonds is 3. The van der Waals surface area contributed by atoms with E-state index in [0.29, 0.717) is 22.6 Å². The molecule has 0 spiro atoms. The fourth-order valence-electron chi connectivity index (χ4n) is 1.85. The largest absolute Gasteiger partial charge is 0.496 e. The van der Waals surface area contributed by atoms with E-state index in [1.807, 2.05) is 13.0 Å². The van der Waals surface area contributed by atoms with Gasteiger partial charge in [0.25, 0.3) is 0 Å². The quantitative estimate of drug-likeness (QED) is 0.666. The molecular weight excluding hydrogens is 251 g/mol. The molecule has 0 saturated carbocycles. The minimum atomic E-state index is -0.314. The molecule has 0 fully saturated rings. The van der Waals surface area contributed by atoms with E-state index in [4.69, 9.17) is 8.92 Å². The van der Waals surface area contributed by atoms with Crippen LogP contribution in [0.3, 0.4) is 0 Å². The zero-order chi connectivity index (χ0) is 13.1. The van der Waals surface area contributed by atoms with Gasteiger partial charge in [-0.05, 0) is 30.7 Å². The molecule has 0 aromatic heterocycles. The lowest BCUT2D eigenvalue weighted by Gasteiger charge is -2.13. The van der Waals surface area contributed by atoms with Crippen LogP contribution in [0.15, 0.2) is 36.4 Å². The standard InChI is InChI=1S/C14H13FO2S/c1-9-6-7-10(11(15)8-9)14-12(16-2)4-3-5-13(14)17-18/h3-8,18H,1-2H3. The van der Waals surface area contributed by atoms with Crippen LogP contribution in [0.2, 0.25) is 0 Å². The van der Waals surface area contributed by atoms with Crippen molar-refractivity contribution in [1.29, 1.82) is 0 Å². The van der Waals surface area contributed by atoms with Gasteiger partial charge >= 0.3 is 0 Å². The lowest BCUT2D eigenvalue weighted by atomic mass is 10.0. The van der Waals surface area contributed by atoms with Gasteiger partial charge in [0.05, 0.1) is 12.7 Å². The molecule has 2 aromatic rings. The number of thiol groups is 1. The van der Waals surface area contributed by atoms with E-state index in [0.717, 1.165) is 5.56 Å². The van der Waals surface area contributed by atoms with E-state index in [1.54, 1.807) is 24.3 Å². The Morgan fingerprint density at radius 3 is 2.44 bits per heavy atom. The maximum absolute atomic E-state index is 14.0. The van der Waals surface area contributed by atoms with Crippen molar-refractivity contribution in [2.45, 2.75) is 6.92 Å². The van der Waals surface area contributed by atoms with Crippen molar-refractivity contribution in [3.05, 3.63) is 47.8 Å². The summed E-state index contributed by atoms with van der Waals surface area (Å²) in [7, 11) is 1.53. The van der Waals surface area contributed by atoms with Crippen molar-refractivity contribution in [2.75, 3.05) is 7.11 Å². The number of aryl methyl sites for hydroxylation is 1. The maximum atomic E-state index is 14.0. The van der Waals surface area contributed by atoms with Gasteiger partial charge in [-0.1, -0.05) is 18.2 Å². The zero-order valence-electron chi connectivity index (χ0n) is 10.1. The Morgan fingerprint density at radius 1 is 1.11 bits per heavy atom. The smallest absolute Gasteiger partial charge is 0.148 e. The number of methoxy groups -OCH3 is 1. The molecule has 0 aliphatic heterocycles. The van der Waals surface area contributed by atoms with Crippen LogP contribution in [0, 0.1) is 12.7 Å². The van der Waals surface area contributed by atoms with Crippen LogP contribution < -0.4 is 8.92 Å². The minimum Gasteiger partial charge on any atom is -0.496 e. The summed E-state index contributed by atoms with van der Waals surface area (Å²) in [6.07, 6.45) is 0. The third-order valence-corrected chi connectivity index (χ3v) is 2.90. The summed E-state index contributed by atoms with van der Waals surface area (Å²) in [6, 6.07) is 10.3. The van der Waals surface area contributed by atoms with E-state index in [1.165, 1.54) is 13.2 Å². The third-order valence-electron chi connectivity index (χ3n) is 2.70. The van der Waals surface area contributed by atoms with Crippen LogP contribution in [0.4, 0.5) is 4.39 Å². The first-order valence-corrected chi connectivity index (χ1v) is 5.79. The van der Waals surface area contributed by atoms with E-state index in [-0.39, 0.29) is 5.82 Å². The van der Waals surface area contributed by atoms with Crippen molar-refractivity contribution in [3.63, 3.8) is 0 Å². The number of halogens is 1. The minimum absolute atomic E-state index is 0.314. The molecule has 94 valence electrons. The predicted molar refractivity (Wildman–Crippen MR) is 72.7 cm³/mol. The topological polar surface area (TPSA) is 18.5 Å². The fourth-order valence-corrected chi connectivity index (χ4v) is 2.00. The van der Waals surface area contributed by atoms with Crippen molar-refractivity contribution in [1.82, 2.24) is 0 Å². The van der Waals surface area contributed by atoms with Gasteiger partial charge in [-0.2, -0.15) is 0 Å². The SMILES string of the molecule is COc1cccc(OS)c1-c1ccc(C)cc1F. The second-order valence-corrected chi connectivity index (χ2v) is 4.09. The van der Waals surface area contributed by atoms with Gasteiger partial charge in [0.15, 0.2) is 0 Å². The average molecular weight is 264 g/mol. The molecule has 0 unspecified atom stereocenters. The van der Waals surface area contributed by atoms with Gasteiger partial charge in [0, 0.05) is 18.5 Å². The highest BCUT2D eigenvalue weighted by atomic mass is 32.1. The lowest BCUT2D eigenvalue weighted by Crippen LogP contribution is -1.93. The molecule has 2 aromatic carbocycles. The Balaban J connectivity index is 2.68. The Labute approximate surface area is 111 Å². The summed E-state index contributed by atoms with van der Waals surface area (Å²) in [4.78, 5) is 0. The first-order valence-electron chi connectivity index (χ1n) is 5.42. The molecule has 0 amide bonds. The van der Waals surface area contributed by atoms with Crippen molar-refractivity contribution in [3.8, 4) is 22.6 Å². The molecule has 4 heteroatoms. The molecule has 2 nitrogen and oxygen atoms in total. The van der Waals surface area contributed by atoms with Gasteiger partial charge in [-0.25, -0.2) is 4.39 Å². The van der Waals surface area contributed by atoms with E-state index >= 15 is 0 Å². The molecule has 0 atom stereocenters. The normalized spacial score (nSPS) is 10.2. The number of hydrogen-bond acceptors (Lipinski definition) is 3. The van der Waals surface area contributed by atoms with Crippen molar-refractivity contribution in [2.24, 2.45) is 0 Å². The molecule has 0 saturated heterocycles. The summed E-state index contributed by atoms with van der Waals surface area (Å²) in [6.45, 7) is 1.84. The number of ether oxygens (including phenoxy) is 1. The van der Waals surface area contributed by atoms with Crippen LogP contribution in [0.5, 0.6) is 11.5 Å². The molecular formula is C14H13FO2S. The highest BCUT2D eigenvalue weighted by Gasteiger charge is 2.16. The second kappa shape index (κ2) is 5.31. The highest BCUT2D eigenvalue weighted by Crippen LogP contribution is 2.40. The number of hydrogen-bond donors (Lipinski definition) is 1. The van der Waals surface area contributed by atoms with Crippen LogP contribution in [-0.2, 0) is 0 Å². The van der Waals surface area contributed by atoms with Crippen LogP contribution in [0.1, 0.15) is 5.56 Å². The average Bonchev–Trinajstić information content (AvgIpc) is 2.38. The molecule has 0 heterocycles. The first-order chi connectivity index (χ1) is 8.67. The van der Waals surface area contributed by atoms with Gasteiger partial charge in [-0.3, -0.25) is 0 Å². The molecule has 18 heavy (non-hydrogen) atoms. The number of benzene rings is 2. The first kappa shape index (κ1) is 12.8. The van der Waals surface area contributed by atoms with Crippen LogP contribution in [-0.4, -0.2) is 7.11 Å². The molecule has 0 aliphatic carbocycles. The summed E-state index contributed by atoms with van der Waals surface area (Å²) in [5, 5.41) is 0. The molecule has 0 bridgehead atoms. The highest BCUT2D eigenvalue weighted by molar-refractivity contribution is 7.75. The van der Waals surface area contributed by atoms with Gasteiger partial charge in [-0.15, -0.1) is 0 Å². The summed E-state index contributed by atoms with van der Waals surface area (Å²) in [5.74, 6) is 0.691. The van der Waals surface area contributed by atoms with E-state index < -0.39 is 0 Å². The van der Waals surface area contributed by atoms with Gasteiger partial charge in [0.2, 0.25) is 0 Å². The Kier molecular flexibility index (Phi) is 3.77. The Bertz CT molecular complexity index is 547.